The Morgan fingerprint density at radius 1 is 1.10 bits per heavy atom. The lowest BCUT2D eigenvalue weighted by atomic mass is 10.1. The molecule has 7 heteroatoms. The minimum Gasteiger partial charge on any atom is -0.497 e. The van der Waals surface area contributed by atoms with Crippen molar-refractivity contribution in [2.24, 2.45) is 0 Å². The fourth-order valence-electron chi connectivity index (χ4n) is 2.70. The van der Waals surface area contributed by atoms with Gasteiger partial charge in [-0.2, -0.15) is 5.26 Å². The van der Waals surface area contributed by atoms with Crippen molar-refractivity contribution in [2.75, 3.05) is 12.4 Å². The van der Waals surface area contributed by atoms with E-state index in [0.29, 0.717) is 32.8 Å². The van der Waals surface area contributed by atoms with Crippen LogP contribution in [0.1, 0.15) is 11.1 Å². The summed E-state index contributed by atoms with van der Waals surface area (Å²) in [6.45, 7) is 0.209. The van der Waals surface area contributed by atoms with Crippen LogP contribution in [0, 0.1) is 11.3 Å². The summed E-state index contributed by atoms with van der Waals surface area (Å²) < 4.78 is 11.0. The molecule has 0 aromatic heterocycles. The van der Waals surface area contributed by atoms with E-state index in [-0.39, 0.29) is 12.2 Å². The molecule has 0 atom stereocenters. The van der Waals surface area contributed by atoms with Gasteiger partial charge in [0, 0.05) is 26.9 Å². The maximum absolute atomic E-state index is 12.6. The van der Waals surface area contributed by atoms with Gasteiger partial charge in [0.2, 0.25) is 0 Å². The van der Waals surface area contributed by atoms with Crippen LogP contribution < -0.4 is 14.8 Å². The van der Waals surface area contributed by atoms with Crippen LogP contribution in [0.2, 0.25) is 10.0 Å². The molecule has 0 aliphatic heterocycles. The molecular formula is C24H18Cl2N2O3. The van der Waals surface area contributed by atoms with Gasteiger partial charge in [0.1, 0.15) is 29.7 Å². The number of para-hydroxylation sites is 1. The molecule has 0 aliphatic rings. The largest absolute Gasteiger partial charge is 0.497 e. The van der Waals surface area contributed by atoms with Crippen molar-refractivity contribution in [3.05, 3.63) is 93.5 Å². The van der Waals surface area contributed by atoms with Crippen molar-refractivity contribution in [2.45, 2.75) is 6.61 Å². The lowest BCUT2D eigenvalue weighted by Gasteiger charge is -2.11. The number of nitriles is 1. The van der Waals surface area contributed by atoms with Gasteiger partial charge in [-0.1, -0.05) is 47.5 Å². The number of rotatable bonds is 7. The van der Waals surface area contributed by atoms with E-state index in [1.54, 1.807) is 73.8 Å². The molecule has 0 spiro atoms. The molecule has 0 saturated carbocycles. The Labute approximate surface area is 190 Å². The Hall–Kier alpha value is -3.46. The highest BCUT2D eigenvalue weighted by Crippen LogP contribution is 2.26. The molecule has 31 heavy (non-hydrogen) atoms. The van der Waals surface area contributed by atoms with E-state index in [1.165, 1.54) is 6.08 Å². The third-order valence-corrected chi connectivity index (χ3v) is 4.92. The Morgan fingerprint density at radius 3 is 2.52 bits per heavy atom. The van der Waals surface area contributed by atoms with Crippen molar-refractivity contribution < 1.29 is 14.3 Å². The topological polar surface area (TPSA) is 71.3 Å². The van der Waals surface area contributed by atoms with Gasteiger partial charge >= 0.3 is 0 Å². The first-order valence-corrected chi connectivity index (χ1v) is 9.98. The number of halogens is 2. The quantitative estimate of drug-likeness (QED) is 0.345. The molecule has 0 radical (unpaired) electrons. The fourth-order valence-corrected chi connectivity index (χ4v) is 3.17. The van der Waals surface area contributed by atoms with E-state index >= 15 is 0 Å². The summed E-state index contributed by atoms with van der Waals surface area (Å²) in [4.78, 5) is 12.6. The Kier molecular flexibility index (Phi) is 7.55. The second kappa shape index (κ2) is 10.5. The highest BCUT2D eigenvalue weighted by atomic mass is 35.5. The second-order valence-electron chi connectivity index (χ2n) is 6.41. The number of methoxy groups -OCH3 is 1. The van der Waals surface area contributed by atoms with Crippen LogP contribution in [0.3, 0.4) is 0 Å². The Bertz CT molecular complexity index is 1150. The lowest BCUT2D eigenvalue weighted by Crippen LogP contribution is -2.13. The normalized spacial score (nSPS) is 10.8. The summed E-state index contributed by atoms with van der Waals surface area (Å²) >= 11 is 12.1. The van der Waals surface area contributed by atoms with Gasteiger partial charge in [-0.15, -0.1) is 0 Å². The molecule has 156 valence electrons. The first kappa shape index (κ1) is 22.2. The van der Waals surface area contributed by atoms with Gasteiger partial charge in [0.25, 0.3) is 5.91 Å². The summed E-state index contributed by atoms with van der Waals surface area (Å²) in [7, 11) is 1.56. The number of nitrogens with one attached hydrogen (secondary N) is 1. The van der Waals surface area contributed by atoms with Gasteiger partial charge in [0.15, 0.2) is 0 Å². The number of hydrogen-bond acceptors (Lipinski definition) is 4. The standard InChI is InChI=1S/C24H18Cl2N2O3/c1-30-21-10-8-20(9-11-21)28-24(29)18(14-27)12-16-4-2-3-5-23(16)31-15-17-6-7-19(25)13-22(17)26/h2-13H,15H2,1H3,(H,28,29)/b18-12+. The van der Waals surface area contributed by atoms with E-state index < -0.39 is 5.91 Å². The number of carbonyl (C=O) groups is 1. The minimum atomic E-state index is -0.525. The number of amides is 1. The molecule has 1 N–H and O–H groups in total. The van der Waals surface area contributed by atoms with Crippen molar-refractivity contribution in [3.8, 4) is 17.6 Å². The summed E-state index contributed by atoms with van der Waals surface area (Å²) in [5.74, 6) is 0.655. The van der Waals surface area contributed by atoms with Crippen molar-refractivity contribution in [1.82, 2.24) is 0 Å². The van der Waals surface area contributed by atoms with E-state index in [4.69, 9.17) is 32.7 Å². The van der Waals surface area contributed by atoms with Crippen molar-refractivity contribution in [1.29, 1.82) is 5.26 Å². The maximum Gasteiger partial charge on any atom is 0.266 e. The molecule has 0 unspecified atom stereocenters. The molecule has 3 aromatic carbocycles. The third kappa shape index (κ3) is 6.02. The SMILES string of the molecule is COc1ccc(NC(=O)/C(C#N)=C/c2ccccc2OCc2ccc(Cl)cc2Cl)cc1. The number of carbonyl (C=O) groups excluding carboxylic acids is 1. The minimum absolute atomic E-state index is 0.0589. The van der Waals surface area contributed by atoms with Crippen LogP contribution >= 0.6 is 23.2 Å². The zero-order valence-electron chi connectivity index (χ0n) is 16.6. The zero-order chi connectivity index (χ0) is 22.2. The highest BCUT2D eigenvalue weighted by molar-refractivity contribution is 6.35. The number of ether oxygens (including phenoxy) is 2. The van der Waals surface area contributed by atoms with E-state index in [0.717, 1.165) is 5.56 Å². The monoisotopic (exact) mass is 452 g/mol. The number of nitrogens with zero attached hydrogens (tertiary/aromatic N) is 1. The maximum atomic E-state index is 12.6. The van der Waals surface area contributed by atoms with Gasteiger partial charge in [-0.3, -0.25) is 4.79 Å². The molecule has 3 aromatic rings. The van der Waals surface area contributed by atoms with Crippen molar-refractivity contribution in [3.63, 3.8) is 0 Å². The fraction of sp³-hybridized carbons (Fsp3) is 0.0833. The molecule has 5 nitrogen and oxygen atoms in total. The van der Waals surface area contributed by atoms with Crippen LogP contribution in [-0.4, -0.2) is 13.0 Å². The second-order valence-corrected chi connectivity index (χ2v) is 7.26. The summed E-state index contributed by atoms with van der Waals surface area (Å²) in [5.41, 5.74) is 1.85. The summed E-state index contributed by atoms with van der Waals surface area (Å²) in [5, 5.41) is 13.2. The van der Waals surface area contributed by atoms with E-state index in [9.17, 15) is 10.1 Å². The summed E-state index contributed by atoms with van der Waals surface area (Å²) in [6.07, 6.45) is 1.48. The molecule has 0 fully saturated rings. The molecule has 0 bridgehead atoms. The molecule has 0 heterocycles. The van der Waals surface area contributed by atoms with Gasteiger partial charge in [-0.25, -0.2) is 0 Å². The number of hydrogen-bond donors (Lipinski definition) is 1. The Balaban J connectivity index is 1.77. The van der Waals surface area contributed by atoms with Crippen LogP contribution in [0.15, 0.2) is 72.3 Å². The van der Waals surface area contributed by atoms with Crippen LogP contribution in [-0.2, 0) is 11.4 Å². The van der Waals surface area contributed by atoms with Gasteiger partial charge < -0.3 is 14.8 Å². The number of benzene rings is 3. The van der Waals surface area contributed by atoms with E-state index in [2.05, 4.69) is 5.32 Å². The smallest absolute Gasteiger partial charge is 0.266 e. The predicted octanol–water partition coefficient (Wildman–Crippen LogP) is 6.13. The first-order valence-electron chi connectivity index (χ1n) is 9.23. The van der Waals surface area contributed by atoms with Crippen LogP contribution in [0.25, 0.3) is 6.08 Å². The molecule has 1 amide bonds. The average molecular weight is 453 g/mol. The average Bonchev–Trinajstić information content (AvgIpc) is 2.78. The zero-order valence-corrected chi connectivity index (χ0v) is 18.1. The number of anilines is 1. The van der Waals surface area contributed by atoms with Crippen molar-refractivity contribution >= 4 is 40.9 Å². The highest BCUT2D eigenvalue weighted by Gasteiger charge is 2.12. The van der Waals surface area contributed by atoms with E-state index in [1.807, 2.05) is 6.07 Å². The molecule has 3 rings (SSSR count). The van der Waals surface area contributed by atoms with Crippen LogP contribution in [0.5, 0.6) is 11.5 Å². The molecular weight excluding hydrogens is 435 g/mol. The van der Waals surface area contributed by atoms with Gasteiger partial charge in [-0.05, 0) is 48.5 Å². The predicted molar refractivity (Wildman–Crippen MR) is 122 cm³/mol. The molecule has 0 aliphatic carbocycles. The third-order valence-electron chi connectivity index (χ3n) is 4.33. The summed E-state index contributed by atoms with van der Waals surface area (Å²) in [6, 6.07) is 21.0. The lowest BCUT2D eigenvalue weighted by molar-refractivity contribution is -0.112. The first-order chi connectivity index (χ1) is 15.0. The Morgan fingerprint density at radius 2 is 1.84 bits per heavy atom. The van der Waals surface area contributed by atoms with Gasteiger partial charge in [0.05, 0.1) is 7.11 Å². The molecule has 0 saturated heterocycles. The van der Waals surface area contributed by atoms with Crippen LogP contribution in [0.4, 0.5) is 5.69 Å².